The van der Waals surface area contributed by atoms with Crippen molar-refractivity contribution in [3.05, 3.63) is 0 Å². The van der Waals surface area contributed by atoms with Crippen molar-refractivity contribution in [1.82, 2.24) is 0 Å². The zero-order valence-electron chi connectivity index (χ0n) is 10.1. The molecule has 0 bridgehead atoms. The first kappa shape index (κ1) is 8.97. The van der Waals surface area contributed by atoms with Gasteiger partial charge in [0.2, 0.25) is 0 Å². The summed E-state index contributed by atoms with van der Waals surface area (Å²) in [6, 6.07) is 0. The molecule has 0 radical (unpaired) electrons. The second kappa shape index (κ2) is 2.13. The molecule has 0 aromatic carbocycles. The molecule has 0 heterocycles. The lowest BCUT2D eigenvalue weighted by Gasteiger charge is -2.39. The molecule has 1 nitrogen and oxygen atoms in total. The van der Waals surface area contributed by atoms with Crippen molar-refractivity contribution in [2.24, 2.45) is 22.2 Å². The fourth-order valence-electron chi connectivity index (χ4n) is 5.74. The van der Waals surface area contributed by atoms with Crippen LogP contribution in [0.1, 0.15) is 64.2 Å². The Morgan fingerprint density at radius 3 is 1.56 bits per heavy atom. The topological polar surface area (TPSA) is 20.2 Å². The van der Waals surface area contributed by atoms with E-state index in [0.717, 1.165) is 24.2 Å². The third kappa shape index (κ3) is 0.749. The molecule has 0 aliphatic heterocycles. The first-order valence-corrected chi connectivity index (χ1v) is 7.41. The van der Waals surface area contributed by atoms with Crippen LogP contribution < -0.4 is 0 Å². The smallest absolute Gasteiger partial charge is 0.0711 e. The predicted octanol–water partition coefficient (Wildman–Crippen LogP) is 3.26. The molecule has 0 aromatic heterocycles. The van der Waals surface area contributed by atoms with Gasteiger partial charge < -0.3 is 5.11 Å². The Kier molecular flexibility index (Phi) is 1.20. The van der Waals surface area contributed by atoms with Crippen LogP contribution in [0.2, 0.25) is 0 Å². The van der Waals surface area contributed by atoms with Gasteiger partial charge in [0.1, 0.15) is 0 Å². The molecule has 0 spiro atoms. The maximum absolute atomic E-state index is 10.7. The van der Waals surface area contributed by atoms with Gasteiger partial charge >= 0.3 is 0 Å². The molecule has 16 heavy (non-hydrogen) atoms. The van der Waals surface area contributed by atoms with Gasteiger partial charge in [0.05, 0.1) is 5.60 Å². The Balaban J connectivity index is 1.57. The Hall–Kier alpha value is -0.0400. The lowest BCUT2D eigenvalue weighted by molar-refractivity contribution is -0.0165. The Morgan fingerprint density at radius 2 is 1.25 bits per heavy atom. The molecular formula is C15H22O. The van der Waals surface area contributed by atoms with E-state index in [4.69, 9.17) is 0 Å². The fourth-order valence-corrected chi connectivity index (χ4v) is 5.74. The molecule has 1 heteroatoms. The highest BCUT2D eigenvalue weighted by atomic mass is 16.3. The van der Waals surface area contributed by atoms with E-state index in [1.807, 2.05) is 0 Å². The maximum atomic E-state index is 10.7. The maximum Gasteiger partial charge on any atom is 0.0711 e. The standard InChI is InChI=1S/C15H22O/c16-15(9-10-15)14(7-8-14)13(5-6-13)12(3-4-12)11-1-2-11/h11,16H,1-10H2. The van der Waals surface area contributed by atoms with E-state index in [0.29, 0.717) is 10.8 Å². The van der Waals surface area contributed by atoms with E-state index in [1.54, 1.807) is 0 Å². The molecule has 0 saturated heterocycles. The van der Waals surface area contributed by atoms with Crippen LogP contribution in [0.5, 0.6) is 0 Å². The van der Waals surface area contributed by atoms with Crippen molar-refractivity contribution < 1.29 is 5.11 Å². The minimum Gasteiger partial charge on any atom is -0.389 e. The van der Waals surface area contributed by atoms with Crippen LogP contribution in [0.25, 0.3) is 0 Å². The van der Waals surface area contributed by atoms with Gasteiger partial charge in [-0.2, -0.15) is 0 Å². The second-order valence-corrected chi connectivity index (χ2v) is 7.63. The minimum atomic E-state index is -0.187. The van der Waals surface area contributed by atoms with Gasteiger partial charge in [-0.3, -0.25) is 0 Å². The molecule has 1 N–H and O–H groups in total. The van der Waals surface area contributed by atoms with Gasteiger partial charge in [-0.25, -0.2) is 0 Å². The van der Waals surface area contributed by atoms with Crippen molar-refractivity contribution in [2.45, 2.75) is 69.8 Å². The molecular weight excluding hydrogens is 196 g/mol. The quantitative estimate of drug-likeness (QED) is 0.768. The van der Waals surface area contributed by atoms with Crippen LogP contribution in [0.4, 0.5) is 0 Å². The van der Waals surface area contributed by atoms with Crippen LogP contribution >= 0.6 is 0 Å². The lowest BCUT2D eigenvalue weighted by Crippen LogP contribution is -2.39. The zero-order valence-corrected chi connectivity index (χ0v) is 10.1. The van der Waals surface area contributed by atoms with Gasteiger partial charge in [0, 0.05) is 5.41 Å². The van der Waals surface area contributed by atoms with Crippen molar-refractivity contribution >= 4 is 0 Å². The van der Waals surface area contributed by atoms with E-state index in [2.05, 4.69) is 0 Å². The summed E-state index contributed by atoms with van der Waals surface area (Å²) in [5, 5.41) is 10.7. The highest BCUT2D eigenvalue weighted by molar-refractivity contribution is 5.34. The van der Waals surface area contributed by atoms with Crippen LogP contribution in [0.3, 0.4) is 0 Å². The lowest BCUT2D eigenvalue weighted by atomic mass is 9.67. The SMILES string of the molecule is OC1(C2(C3(C4(C5CC5)CC4)CC3)CC2)CC1. The Bertz CT molecular complexity index is 363. The molecule has 5 saturated carbocycles. The average Bonchev–Trinajstić information content (AvgIpc) is 3.08. The summed E-state index contributed by atoms with van der Waals surface area (Å²) in [5.41, 5.74) is 1.64. The van der Waals surface area contributed by atoms with E-state index < -0.39 is 0 Å². The number of hydrogen-bond donors (Lipinski definition) is 1. The summed E-state index contributed by atoms with van der Waals surface area (Å²) in [7, 11) is 0. The molecule has 0 aromatic rings. The van der Waals surface area contributed by atoms with Crippen LogP contribution in [-0.4, -0.2) is 10.7 Å². The minimum absolute atomic E-state index is 0.187. The van der Waals surface area contributed by atoms with E-state index in [9.17, 15) is 5.11 Å². The highest BCUT2D eigenvalue weighted by Gasteiger charge is 2.84. The monoisotopic (exact) mass is 218 g/mol. The molecule has 5 aliphatic rings. The Labute approximate surface area is 97.6 Å². The van der Waals surface area contributed by atoms with Gasteiger partial charge in [0.15, 0.2) is 0 Å². The van der Waals surface area contributed by atoms with Gasteiger partial charge in [0.25, 0.3) is 0 Å². The molecule has 5 aliphatic carbocycles. The summed E-state index contributed by atoms with van der Waals surface area (Å²) in [4.78, 5) is 0. The molecule has 0 atom stereocenters. The van der Waals surface area contributed by atoms with Gasteiger partial charge in [-0.15, -0.1) is 0 Å². The fraction of sp³-hybridized carbons (Fsp3) is 1.00. The van der Waals surface area contributed by atoms with E-state index >= 15 is 0 Å². The van der Waals surface area contributed by atoms with Crippen LogP contribution in [0.15, 0.2) is 0 Å². The normalized spacial score (nSPS) is 42.6. The highest BCUT2D eigenvalue weighted by Crippen LogP contribution is 2.90. The zero-order chi connectivity index (χ0) is 10.6. The third-order valence-corrected chi connectivity index (χ3v) is 7.13. The van der Waals surface area contributed by atoms with Crippen molar-refractivity contribution in [3.8, 4) is 0 Å². The number of hydrogen-bond acceptors (Lipinski definition) is 1. The van der Waals surface area contributed by atoms with Crippen molar-refractivity contribution in [3.63, 3.8) is 0 Å². The molecule has 0 amide bonds. The van der Waals surface area contributed by atoms with Crippen molar-refractivity contribution in [1.29, 1.82) is 0 Å². The average molecular weight is 218 g/mol. The van der Waals surface area contributed by atoms with Crippen LogP contribution in [0, 0.1) is 22.2 Å². The Morgan fingerprint density at radius 1 is 0.688 bits per heavy atom. The molecule has 88 valence electrons. The third-order valence-electron chi connectivity index (χ3n) is 7.13. The summed E-state index contributed by atoms with van der Waals surface area (Å²) in [6.45, 7) is 0. The molecule has 0 unspecified atom stereocenters. The van der Waals surface area contributed by atoms with Crippen molar-refractivity contribution in [2.75, 3.05) is 0 Å². The number of rotatable bonds is 4. The molecule has 5 rings (SSSR count). The number of aliphatic hydroxyl groups is 1. The largest absolute Gasteiger partial charge is 0.389 e. The summed E-state index contributed by atoms with van der Waals surface area (Å²) in [6.07, 6.45) is 13.9. The van der Waals surface area contributed by atoms with E-state index in [1.165, 1.54) is 51.4 Å². The summed E-state index contributed by atoms with van der Waals surface area (Å²) < 4.78 is 0. The first-order chi connectivity index (χ1) is 7.68. The molecule has 5 fully saturated rings. The van der Waals surface area contributed by atoms with E-state index in [-0.39, 0.29) is 5.60 Å². The summed E-state index contributed by atoms with van der Waals surface area (Å²) >= 11 is 0. The first-order valence-electron chi connectivity index (χ1n) is 7.41. The summed E-state index contributed by atoms with van der Waals surface area (Å²) in [5.74, 6) is 1.08. The van der Waals surface area contributed by atoms with Gasteiger partial charge in [-0.1, -0.05) is 0 Å². The van der Waals surface area contributed by atoms with Gasteiger partial charge in [-0.05, 0) is 81.0 Å². The second-order valence-electron chi connectivity index (χ2n) is 7.63. The van der Waals surface area contributed by atoms with Crippen LogP contribution in [-0.2, 0) is 0 Å². The predicted molar refractivity (Wildman–Crippen MR) is 61.9 cm³/mol.